The van der Waals surface area contributed by atoms with Crippen LogP contribution in [-0.2, 0) is 22.4 Å². The molecule has 1 fully saturated rings. The third-order valence-electron chi connectivity index (χ3n) is 6.56. The van der Waals surface area contributed by atoms with Crippen molar-refractivity contribution in [3.05, 3.63) is 71.4 Å². The van der Waals surface area contributed by atoms with Crippen LogP contribution in [0.4, 0.5) is 0 Å². The van der Waals surface area contributed by atoms with E-state index in [1.54, 1.807) is 0 Å². The highest BCUT2D eigenvalue weighted by Gasteiger charge is 2.20. The van der Waals surface area contributed by atoms with Crippen molar-refractivity contribution in [2.24, 2.45) is 0 Å². The molecule has 0 radical (unpaired) electrons. The first-order valence-electron chi connectivity index (χ1n) is 11.9. The smallest absolute Gasteiger partial charge is 0.220 e. The van der Waals surface area contributed by atoms with Gasteiger partial charge in [-0.05, 0) is 41.9 Å². The van der Waals surface area contributed by atoms with Gasteiger partial charge in [0.25, 0.3) is 0 Å². The van der Waals surface area contributed by atoms with Crippen LogP contribution in [0.25, 0.3) is 10.9 Å². The van der Waals surface area contributed by atoms with E-state index in [-0.39, 0.29) is 11.8 Å². The standard InChI is InChI=1S/C27H35N3O2/c1-2-22-9-6-10-24-25(20-29-27(22)24)23(12-11-21-7-4-3-5-8-21)19-26(31)28-13-14-30-15-17-32-18-16-30/h3-10,20,23,29H,2,11-19H2,1H3,(H,28,31). The maximum atomic E-state index is 12.9. The van der Waals surface area contributed by atoms with Gasteiger partial charge >= 0.3 is 0 Å². The van der Waals surface area contributed by atoms with Crippen molar-refractivity contribution in [3.8, 4) is 0 Å². The lowest BCUT2D eigenvalue weighted by molar-refractivity contribution is -0.121. The molecule has 1 aliphatic rings. The van der Waals surface area contributed by atoms with Crippen LogP contribution in [0.15, 0.2) is 54.7 Å². The molecule has 1 atom stereocenters. The number of ether oxygens (including phenoxy) is 1. The minimum Gasteiger partial charge on any atom is -0.379 e. The van der Waals surface area contributed by atoms with Gasteiger partial charge in [0.05, 0.1) is 13.2 Å². The molecule has 1 aromatic heterocycles. The number of aromatic nitrogens is 1. The zero-order valence-corrected chi connectivity index (χ0v) is 19.1. The van der Waals surface area contributed by atoms with E-state index in [9.17, 15) is 4.79 Å². The van der Waals surface area contributed by atoms with Gasteiger partial charge in [-0.2, -0.15) is 0 Å². The number of hydrogen-bond donors (Lipinski definition) is 2. The Balaban J connectivity index is 1.44. The number of aryl methyl sites for hydroxylation is 2. The van der Waals surface area contributed by atoms with Crippen LogP contribution >= 0.6 is 0 Å². The van der Waals surface area contributed by atoms with Crippen molar-refractivity contribution in [2.45, 2.75) is 38.5 Å². The van der Waals surface area contributed by atoms with Gasteiger partial charge in [0.1, 0.15) is 0 Å². The third kappa shape index (κ3) is 5.78. The molecule has 5 nitrogen and oxygen atoms in total. The number of benzene rings is 2. The summed E-state index contributed by atoms with van der Waals surface area (Å²) in [5.41, 5.74) is 5.11. The van der Waals surface area contributed by atoms with Crippen molar-refractivity contribution < 1.29 is 9.53 Å². The minimum atomic E-state index is 0.136. The summed E-state index contributed by atoms with van der Waals surface area (Å²) in [4.78, 5) is 18.7. The molecule has 32 heavy (non-hydrogen) atoms. The van der Waals surface area contributed by atoms with Gasteiger partial charge in [-0.3, -0.25) is 9.69 Å². The number of para-hydroxylation sites is 1. The molecule has 4 rings (SSSR count). The number of hydrogen-bond acceptors (Lipinski definition) is 3. The van der Waals surface area contributed by atoms with Gasteiger partial charge in [0.15, 0.2) is 0 Å². The Hall–Kier alpha value is -2.63. The number of nitrogens with one attached hydrogen (secondary N) is 2. The predicted octanol–water partition coefficient (Wildman–Crippen LogP) is 4.29. The summed E-state index contributed by atoms with van der Waals surface area (Å²) >= 11 is 0. The lowest BCUT2D eigenvalue weighted by atomic mass is 9.88. The van der Waals surface area contributed by atoms with Gasteiger partial charge in [-0.25, -0.2) is 0 Å². The second kappa shape index (κ2) is 11.3. The van der Waals surface area contributed by atoms with Gasteiger partial charge in [0, 0.05) is 49.7 Å². The monoisotopic (exact) mass is 433 g/mol. The Bertz CT molecular complexity index is 993. The number of rotatable bonds is 10. The zero-order chi connectivity index (χ0) is 22.2. The summed E-state index contributed by atoms with van der Waals surface area (Å²) in [6.07, 6.45) is 5.55. The van der Waals surface area contributed by atoms with E-state index in [1.165, 1.54) is 27.6 Å². The summed E-state index contributed by atoms with van der Waals surface area (Å²) in [5.74, 6) is 0.316. The van der Waals surface area contributed by atoms with Crippen LogP contribution in [0, 0.1) is 0 Å². The molecule has 2 aromatic carbocycles. The molecule has 0 spiro atoms. The first kappa shape index (κ1) is 22.6. The average molecular weight is 434 g/mol. The lowest BCUT2D eigenvalue weighted by Gasteiger charge is -2.26. The highest BCUT2D eigenvalue weighted by Crippen LogP contribution is 2.33. The van der Waals surface area contributed by atoms with E-state index in [1.807, 2.05) is 0 Å². The SMILES string of the molecule is CCc1cccc2c(C(CCc3ccccc3)CC(=O)NCCN3CCOCC3)c[nH]c12. The second-order valence-corrected chi connectivity index (χ2v) is 8.67. The largest absolute Gasteiger partial charge is 0.379 e. The summed E-state index contributed by atoms with van der Waals surface area (Å²) in [5, 5.41) is 4.41. The van der Waals surface area contributed by atoms with E-state index < -0.39 is 0 Å². The van der Waals surface area contributed by atoms with Crippen molar-refractivity contribution in [2.75, 3.05) is 39.4 Å². The molecule has 1 aliphatic heterocycles. The number of morpholine rings is 1. The number of carbonyl (C=O) groups excluding carboxylic acids is 1. The van der Waals surface area contributed by atoms with Gasteiger partial charge in [-0.1, -0.05) is 55.5 Å². The number of carbonyl (C=O) groups is 1. The Morgan fingerprint density at radius 1 is 1.12 bits per heavy atom. The topological polar surface area (TPSA) is 57.4 Å². The van der Waals surface area contributed by atoms with Gasteiger partial charge in [-0.15, -0.1) is 0 Å². The van der Waals surface area contributed by atoms with E-state index >= 15 is 0 Å². The molecule has 3 aromatic rings. The van der Waals surface area contributed by atoms with Crippen LogP contribution in [-0.4, -0.2) is 55.2 Å². The molecular formula is C27H35N3O2. The summed E-state index contributed by atoms with van der Waals surface area (Å²) < 4.78 is 5.40. The Morgan fingerprint density at radius 2 is 1.94 bits per heavy atom. The van der Waals surface area contributed by atoms with Crippen molar-refractivity contribution in [1.82, 2.24) is 15.2 Å². The maximum absolute atomic E-state index is 12.9. The fourth-order valence-electron chi connectivity index (χ4n) is 4.70. The molecule has 2 heterocycles. The van der Waals surface area contributed by atoms with E-state index in [4.69, 9.17) is 4.74 Å². The summed E-state index contributed by atoms with van der Waals surface area (Å²) in [7, 11) is 0. The summed E-state index contributed by atoms with van der Waals surface area (Å²) in [6, 6.07) is 17.1. The zero-order valence-electron chi connectivity index (χ0n) is 19.1. The number of amides is 1. The Morgan fingerprint density at radius 3 is 2.72 bits per heavy atom. The molecule has 0 aliphatic carbocycles. The Kier molecular flexibility index (Phi) is 7.97. The number of nitrogens with zero attached hydrogens (tertiary/aromatic N) is 1. The average Bonchev–Trinajstić information content (AvgIpc) is 3.27. The highest BCUT2D eigenvalue weighted by molar-refractivity contribution is 5.87. The van der Waals surface area contributed by atoms with E-state index in [0.717, 1.165) is 52.1 Å². The van der Waals surface area contributed by atoms with E-state index in [0.29, 0.717) is 13.0 Å². The van der Waals surface area contributed by atoms with Gasteiger partial charge < -0.3 is 15.0 Å². The first-order chi connectivity index (χ1) is 15.7. The summed E-state index contributed by atoms with van der Waals surface area (Å²) in [6.45, 7) is 7.24. The van der Waals surface area contributed by atoms with Crippen molar-refractivity contribution in [1.29, 1.82) is 0 Å². The molecule has 1 unspecified atom stereocenters. The fourth-order valence-corrected chi connectivity index (χ4v) is 4.70. The van der Waals surface area contributed by atoms with Crippen LogP contribution < -0.4 is 5.32 Å². The first-order valence-corrected chi connectivity index (χ1v) is 11.9. The minimum absolute atomic E-state index is 0.136. The quantitative estimate of drug-likeness (QED) is 0.502. The molecule has 5 heteroatoms. The number of H-pyrrole nitrogens is 1. The van der Waals surface area contributed by atoms with Crippen molar-refractivity contribution in [3.63, 3.8) is 0 Å². The maximum Gasteiger partial charge on any atom is 0.220 e. The molecular weight excluding hydrogens is 398 g/mol. The van der Waals surface area contributed by atoms with Gasteiger partial charge in [0.2, 0.25) is 5.91 Å². The number of fused-ring (bicyclic) bond motifs is 1. The molecule has 170 valence electrons. The Labute approximate surface area is 191 Å². The van der Waals surface area contributed by atoms with Crippen LogP contribution in [0.3, 0.4) is 0 Å². The molecule has 2 N–H and O–H groups in total. The van der Waals surface area contributed by atoms with E-state index in [2.05, 4.69) is 76.9 Å². The molecule has 0 saturated carbocycles. The third-order valence-corrected chi connectivity index (χ3v) is 6.56. The normalized spacial score (nSPS) is 15.7. The molecule has 1 saturated heterocycles. The lowest BCUT2D eigenvalue weighted by Crippen LogP contribution is -2.41. The van der Waals surface area contributed by atoms with Crippen LogP contribution in [0.5, 0.6) is 0 Å². The van der Waals surface area contributed by atoms with Crippen LogP contribution in [0.1, 0.15) is 42.4 Å². The molecule has 0 bridgehead atoms. The number of aromatic amines is 1. The molecule has 1 amide bonds. The van der Waals surface area contributed by atoms with Crippen molar-refractivity contribution >= 4 is 16.8 Å². The van der Waals surface area contributed by atoms with Crippen LogP contribution in [0.2, 0.25) is 0 Å². The second-order valence-electron chi connectivity index (χ2n) is 8.67. The predicted molar refractivity (Wildman–Crippen MR) is 130 cm³/mol. The fraction of sp³-hybridized carbons (Fsp3) is 0.444. The highest BCUT2D eigenvalue weighted by atomic mass is 16.5.